The van der Waals surface area contributed by atoms with E-state index in [0.717, 1.165) is 24.0 Å². The Morgan fingerprint density at radius 1 is 0.558 bits per heavy atom. The molecule has 0 saturated carbocycles. The summed E-state index contributed by atoms with van der Waals surface area (Å²) in [4.78, 5) is 24.3. The van der Waals surface area contributed by atoms with Gasteiger partial charge in [0.05, 0.1) is 13.2 Å². The number of hydrogen-bond acceptors (Lipinski definition) is 4. The van der Waals surface area contributed by atoms with Gasteiger partial charge < -0.3 is 9.47 Å². The highest BCUT2D eigenvalue weighted by molar-refractivity contribution is 5.93. The lowest BCUT2D eigenvalue weighted by atomic mass is 9.67. The van der Waals surface area contributed by atoms with Crippen LogP contribution in [0.25, 0.3) is 33.4 Å². The molecule has 1 aliphatic carbocycles. The van der Waals surface area contributed by atoms with Gasteiger partial charge in [-0.05, 0) is 84.0 Å². The molecule has 0 heterocycles. The summed E-state index contributed by atoms with van der Waals surface area (Å²) in [5.74, 6) is -0.649. The van der Waals surface area contributed by atoms with E-state index in [-0.39, 0.29) is 11.9 Å². The van der Waals surface area contributed by atoms with E-state index in [1.54, 1.807) is 12.2 Å². The molecule has 218 valence electrons. The Hall–Kier alpha value is -4.70. The first-order valence-electron chi connectivity index (χ1n) is 15.1. The fraction of sp³-hybridized carbons (Fsp3) is 0.231. The van der Waals surface area contributed by atoms with E-state index in [0.29, 0.717) is 26.1 Å². The van der Waals surface area contributed by atoms with Gasteiger partial charge in [0.25, 0.3) is 0 Å². The van der Waals surface area contributed by atoms with Crippen molar-refractivity contribution in [2.45, 2.75) is 44.9 Å². The zero-order valence-corrected chi connectivity index (χ0v) is 24.9. The van der Waals surface area contributed by atoms with Crippen molar-refractivity contribution >= 4 is 11.9 Å². The summed E-state index contributed by atoms with van der Waals surface area (Å²) in [5, 5.41) is 0. The van der Waals surface area contributed by atoms with Crippen LogP contribution in [0.2, 0.25) is 0 Å². The third-order valence-corrected chi connectivity index (χ3v) is 8.14. The maximum Gasteiger partial charge on any atom is 0.330 e. The van der Waals surface area contributed by atoms with Crippen LogP contribution in [-0.2, 0) is 24.5 Å². The Bertz CT molecular complexity index is 1490. The predicted octanol–water partition coefficient (Wildman–Crippen LogP) is 9.09. The molecule has 0 amide bonds. The first-order chi connectivity index (χ1) is 21.1. The highest BCUT2D eigenvalue weighted by Gasteiger charge is 2.45. The fourth-order valence-electron chi connectivity index (χ4n) is 6.51. The fourth-order valence-corrected chi connectivity index (χ4v) is 6.51. The molecule has 0 aliphatic heterocycles. The molecule has 4 aromatic carbocycles. The molecule has 4 aromatic rings. The maximum atomic E-state index is 12.2. The SMILES string of the molecule is CC=CC(=O)OCCCC1(CCCOC(=O)C=CC)c2c(-c3ccccc3)cccc2-c2cccc(-c3ccccc3)c21. The zero-order valence-electron chi connectivity index (χ0n) is 24.9. The number of allylic oxidation sites excluding steroid dienone is 2. The number of esters is 2. The van der Waals surface area contributed by atoms with Gasteiger partial charge in [0.15, 0.2) is 0 Å². The summed E-state index contributed by atoms with van der Waals surface area (Å²) < 4.78 is 11.1. The monoisotopic (exact) mass is 570 g/mol. The van der Waals surface area contributed by atoms with Gasteiger partial charge in [0, 0.05) is 17.6 Å². The van der Waals surface area contributed by atoms with Crippen molar-refractivity contribution in [1.29, 1.82) is 0 Å². The highest BCUT2D eigenvalue weighted by atomic mass is 16.5. The van der Waals surface area contributed by atoms with Crippen LogP contribution in [0.3, 0.4) is 0 Å². The van der Waals surface area contributed by atoms with Crippen molar-refractivity contribution in [3.63, 3.8) is 0 Å². The molecule has 43 heavy (non-hydrogen) atoms. The Morgan fingerprint density at radius 2 is 0.953 bits per heavy atom. The zero-order chi connectivity index (χ0) is 30.1. The van der Waals surface area contributed by atoms with Gasteiger partial charge in [0.1, 0.15) is 0 Å². The third kappa shape index (κ3) is 6.39. The molecule has 0 aromatic heterocycles. The third-order valence-electron chi connectivity index (χ3n) is 8.14. The number of rotatable bonds is 12. The van der Waals surface area contributed by atoms with Gasteiger partial charge in [-0.15, -0.1) is 0 Å². The summed E-state index contributed by atoms with van der Waals surface area (Å²) in [6.07, 6.45) is 9.21. The normalized spacial score (nSPS) is 13.2. The Labute approximate surface area is 254 Å². The second-order valence-electron chi connectivity index (χ2n) is 10.8. The second-order valence-corrected chi connectivity index (χ2v) is 10.8. The number of benzene rings is 4. The lowest BCUT2D eigenvalue weighted by Gasteiger charge is -2.35. The first-order valence-corrected chi connectivity index (χ1v) is 15.1. The smallest absolute Gasteiger partial charge is 0.330 e. The van der Waals surface area contributed by atoms with Crippen molar-refractivity contribution in [3.8, 4) is 33.4 Å². The second kappa shape index (κ2) is 14.0. The van der Waals surface area contributed by atoms with Crippen LogP contribution in [0.15, 0.2) is 121 Å². The lowest BCUT2D eigenvalue weighted by Crippen LogP contribution is -2.28. The van der Waals surface area contributed by atoms with Crippen LogP contribution in [0, 0.1) is 0 Å². The summed E-state index contributed by atoms with van der Waals surface area (Å²) in [7, 11) is 0. The summed E-state index contributed by atoms with van der Waals surface area (Å²) in [5.41, 5.74) is 9.36. The Kier molecular flexibility index (Phi) is 9.68. The molecule has 0 bridgehead atoms. The molecule has 5 rings (SSSR count). The van der Waals surface area contributed by atoms with Crippen molar-refractivity contribution in [2.75, 3.05) is 13.2 Å². The topological polar surface area (TPSA) is 52.6 Å². The van der Waals surface area contributed by atoms with Crippen LogP contribution in [-0.4, -0.2) is 25.2 Å². The predicted molar refractivity (Wildman–Crippen MR) is 174 cm³/mol. The molecule has 4 heteroatoms. The summed E-state index contributed by atoms with van der Waals surface area (Å²) in [6.45, 7) is 4.27. The van der Waals surface area contributed by atoms with E-state index in [9.17, 15) is 9.59 Å². The van der Waals surface area contributed by atoms with Gasteiger partial charge in [-0.1, -0.05) is 109 Å². The van der Waals surface area contributed by atoms with Crippen LogP contribution < -0.4 is 0 Å². The highest BCUT2D eigenvalue weighted by Crippen LogP contribution is 2.59. The average molecular weight is 571 g/mol. The number of carbonyl (C=O) groups is 2. The van der Waals surface area contributed by atoms with E-state index >= 15 is 0 Å². The van der Waals surface area contributed by atoms with Gasteiger partial charge in [0.2, 0.25) is 0 Å². The molecule has 4 nitrogen and oxygen atoms in total. The molecule has 0 saturated heterocycles. The van der Waals surface area contributed by atoms with Crippen molar-refractivity contribution < 1.29 is 19.1 Å². The van der Waals surface area contributed by atoms with Crippen molar-refractivity contribution in [3.05, 3.63) is 132 Å². The molecular weight excluding hydrogens is 532 g/mol. The van der Waals surface area contributed by atoms with E-state index in [1.165, 1.54) is 45.5 Å². The molecular formula is C39H38O4. The standard InChI is InChI=1S/C39H38O4/c1-3-15-35(40)42-27-13-25-39(26-14-28-43-36(41)16-4-2)37-31(29-17-7-5-8-18-29)21-11-23-33(37)34-24-12-22-32(38(34)39)30-19-9-6-10-20-30/h3-12,15-24H,13-14,25-28H2,1-2H3. The molecule has 0 spiro atoms. The van der Waals surface area contributed by atoms with Gasteiger partial charge in [-0.25, -0.2) is 9.59 Å². The van der Waals surface area contributed by atoms with Crippen LogP contribution in [0.5, 0.6) is 0 Å². The maximum absolute atomic E-state index is 12.2. The van der Waals surface area contributed by atoms with Gasteiger partial charge >= 0.3 is 11.9 Å². The lowest BCUT2D eigenvalue weighted by molar-refractivity contribution is -0.138. The minimum atomic E-state index is -0.399. The van der Waals surface area contributed by atoms with E-state index in [1.807, 2.05) is 26.0 Å². The number of ether oxygens (including phenoxy) is 2. The molecule has 0 unspecified atom stereocenters. The van der Waals surface area contributed by atoms with Gasteiger partial charge in [-0.3, -0.25) is 0 Å². The Morgan fingerprint density at radius 3 is 1.35 bits per heavy atom. The minimum absolute atomic E-state index is 0.324. The van der Waals surface area contributed by atoms with Crippen LogP contribution in [0.1, 0.15) is 50.7 Å². The van der Waals surface area contributed by atoms with E-state index < -0.39 is 5.41 Å². The number of carbonyl (C=O) groups excluding carboxylic acids is 2. The van der Waals surface area contributed by atoms with Crippen molar-refractivity contribution in [2.24, 2.45) is 0 Å². The summed E-state index contributed by atoms with van der Waals surface area (Å²) in [6, 6.07) is 34.3. The largest absolute Gasteiger partial charge is 0.463 e. The molecule has 1 aliphatic rings. The van der Waals surface area contributed by atoms with E-state index in [4.69, 9.17) is 9.47 Å². The number of fused-ring (bicyclic) bond motifs is 3. The Balaban J connectivity index is 1.66. The number of hydrogen-bond donors (Lipinski definition) is 0. The molecule has 0 atom stereocenters. The van der Waals surface area contributed by atoms with E-state index in [2.05, 4.69) is 84.9 Å². The molecule has 0 radical (unpaired) electrons. The van der Waals surface area contributed by atoms with Crippen molar-refractivity contribution in [1.82, 2.24) is 0 Å². The van der Waals surface area contributed by atoms with Gasteiger partial charge in [-0.2, -0.15) is 0 Å². The summed E-state index contributed by atoms with van der Waals surface area (Å²) >= 11 is 0. The van der Waals surface area contributed by atoms with Crippen LogP contribution in [0.4, 0.5) is 0 Å². The van der Waals surface area contributed by atoms with Crippen LogP contribution >= 0.6 is 0 Å². The average Bonchev–Trinajstić information content (AvgIpc) is 3.33. The molecule has 0 N–H and O–H groups in total. The minimum Gasteiger partial charge on any atom is -0.463 e. The first kappa shape index (κ1) is 29.8. The quantitative estimate of drug-likeness (QED) is 0.0968. The molecule has 0 fully saturated rings.